The zero-order chi connectivity index (χ0) is 15.1. The van der Waals surface area contributed by atoms with Crippen molar-refractivity contribution in [3.63, 3.8) is 0 Å². The van der Waals surface area contributed by atoms with Gasteiger partial charge in [-0.3, -0.25) is 0 Å². The molecule has 0 amide bonds. The van der Waals surface area contributed by atoms with Gasteiger partial charge in [-0.2, -0.15) is 0 Å². The van der Waals surface area contributed by atoms with Gasteiger partial charge in [-0.05, 0) is 31.2 Å². The first-order valence-corrected chi connectivity index (χ1v) is 7.73. The first-order valence-electron chi connectivity index (χ1n) is 6.92. The van der Waals surface area contributed by atoms with Gasteiger partial charge in [0, 0.05) is 29.0 Å². The van der Waals surface area contributed by atoms with Crippen LogP contribution < -0.4 is 5.32 Å². The first kappa shape index (κ1) is 16.1. The monoisotopic (exact) mass is 309 g/mol. The van der Waals surface area contributed by atoms with Crippen LogP contribution >= 0.6 is 11.3 Å². The van der Waals surface area contributed by atoms with Gasteiger partial charge in [-0.1, -0.05) is 18.2 Å². The zero-order valence-electron chi connectivity index (χ0n) is 12.0. The molecular weight excluding hydrogens is 289 g/mol. The van der Waals surface area contributed by atoms with E-state index in [0.29, 0.717) is 18.6 Å². The number of thiophene rings is 1. The SMILES string of the molecule is COCC(O)CCNCc1ccc(-c2ccccc2F)s1. The topological polar surface area (TPSA) is 41.5 Å². The molecule has 0 saturated heterocycles. The standard InChI is InChI=1S/C16H20FNO2S/c1-20-11-12(19)8-9-18-10-13-6-7-16(21-13)14-4-2-3-5-15(14)17/h2-7,12,18-19H,8-11H2,1H3. The molecule has 1 aromatic heterocycles. The molecular formula is C16H20FNO2S. The molecule has 1 aromatic carbocycles. The van der Waals surface area contributed by atoms with Gasteiger partial charge in [0.15, 0.2) is 0 Å². The molecule has 114 valence electrons. The summed E-state index contributed by atoms with van der Waals surface area (Å²) in [7, 11) is 1.58. The molecule has 0 aliphatic rings. The number of aliphatic hydroxyl groups is 1. The molecule has 0 bridgehead atoms. The van der Waals surface area contributed by atoms with Gasteiger partial charge in [0.25, 0.3) is 0 Å². The van der Waals surface area contributed by atoms with Crippen LogP contribution in [0.25, 0.3) is 10.4 Å². The summed E-state index contributed by atoms with van der Waals surface area (Å²) in [5.41, 5.74) is 0.643. The van der Waals surface area contributed by atoms with Crippen molar-refractivity contribution in [2.75, 3.05) is 20.3 Å². The van der Waals surface area contributed by atoms with Crippen LogP contribution in [-0.2, 0) is 11.3 Å². The third kappa shape index (κ3) is 4.89. The zero-order valence-corrected chi connectivity index (χ0v) is 12.8. The normalized spacial score (nSPS) is 12.5. The summed E-state index contributed by atoms with van der Waals surface area (Å²) in [6, 6.07) is 10.8. The minimum atomic E-state index is -0.431. The molecule has 3 nitrogen and oxygen atoms in total. The number of ether oxygens (including phenoxy) is 1. The van der Waals surface area contributed by atoms with Crippen molar-refractivity contribution in [2.24, 2.45) is 0 Å². The van der Waals surface area contributed by atoms with E-state index in [2.05, 4.69) is 5.32 Å². The average molecular weight is 309 g/mol. The highest BCUT2D eigenvalue weighted by molar-refractivity contribution is 7.15. The predicted molar refractivity (Wildman–Crippen MR) is 83.9 cm³/mol. The van der Waals surface area contributed by atoms with Crippen LogP contribution in [0.4, 0.5) is 4.39 Å². The van der Waals surface area contributed by atoms with E-state index in [0.717, 1.165) is 22.8 Å². The number of benzene rings is 1. The molecule has 0 saturated carbocycles. The van der Waals surface area contributed by atoms with Gasteiger partial charge in [0.05, 0.1) is 12.7 Å². The highest BCUT2D eigenvalue weighted by Crippen LogP contribution is 2.29. The van der Waals surface area contributed by atoms with E-state index in [4.69, 9.17) is 4.74 Å². The number of methoxy groups -OCH3 is 1. The summed E-state index contributed by atoms with van der Waals surface area (Å²) in [6.45, 7) is 1.80. The molecule has 2 aromatic rings. The Kier molecular flexibility index (Phi) is 6.32. The largest absolute Gasteiger partial charge is 0.391 e. The van der Waals surface area contributed by atoms with E-state index in [1.165, 1.54) is 6.07 Å². The van der Waals surface area contributed by atoms with Crippen molar-refractivity contribution in [1.82, 2.24) is 5.32 Å². The minimum absolute atomic E-state index is 0.193. The Balaban J connectivity index is 1.83. The molecule has 0 radical (unpaired) electrons. The van der Waals surface area contributed by atoms with Crippen molar-refractivity contribution < 1.29 is 14.2 Å². The lowest BCUT2D eigenvalue weighted by Crippen LogP contribution is -2.22. The summed E-state index contributed by atoms with van der Waals surface area (Å²) < 4.78 is 18.6. The number of aliphatic hydroxyl groups excluding tert-OH is 1. The lowest BCUT2D eigenvalue weighted by atomic mass is 10.2. The predicted octanol–water partition coefficient (Wildman–Crippen LogP) is 3.04. The number of nitrogens with one attached hydrogen (secondary N) is 1. The Labute approximate surface area is 128 Å². The average Bonchev–Trinajstić information content (AvgIpc) is 2.93. The van der Waals surface area contributed by atoms with Crippen LogP contribution in [0.5, 0.6) is 0 Å². The Morgan fingerprint density at radius 3 is 2.86 bits per heavy atom. The molecule has 21 heavy (non-hydrogen) atoms. The van der Waals surface area contributed by atoms with Gasteiger partial charge in [0.1, 0.15) is 5.82 Å². The summed E-state index contributed by atoms with van der Waals surface area (Å²) >= 11 is 1.58. The lowest BCUT2D eigenvalue weighted by molar-refractivity contribution is 0.0594. The maximum Gasteiger partial charge on any atom is 0.131 e. The van der Waals surface area contributed by atoms with Crippen molar-refractivity contribution in [3.8, 4) is 10.4 Å². The van der Waals surface area contributed by atoms with Gasteiger partial charge in [-0.15, -0.1) is 11.3 Å². The van der Waals surface area contributed by atoms with Crippen LogP contribution in [0, 0.1) is 5.82 Å². The summed E-state index contributed by atoms with van der Waals surface area (Å²) in [5.74, 6) is -0.193. The number of hydrogen-bond acceptors (Lipinski definition) is 4. The highest BCUT2D eigenvalue weighted by Gasteiger charge is 2.07. The molecule has 5 heteroatoms. The summed E-state index contributed by atoms with van der Waals surface area (Å²) in [6.07, 6.45) is 0.221. The Morgan fingerprint density at radius 1 is 1.29 bits per heavy atom. The van der Waals surface area contributed by atoms with Crippen LogP contribution in [0.1, 0.15) is 11.3 Å². The number of rotatable bonds is 8. The first-order chi connectivity index (χ1) is 10.2. The fraction of sp³-hybridized carbons (Fsp3) is 0.375. The van der Waals surface area contributed by atoms with Crippen molar-refractivity contribution in [1.29, 1.82) is 0 Å². The number of hydrogen-bond donors (Lipinski definition) is 2. The third-order valence-corrected chi connectivity index (χ3v) is 4.23. The van der Waals surface area contributed by atoms with Crippen LogP contribution in [0.3, 0.4) is 0 Å². The van der Waals surface area contributed by atoms with Gasteiger partial charge < -0.3 is 15.2 Å². The van der Waals surface area contributed by atoms with Crippen molar-refractivity contribution in [3.05, 3.63) is 47.1 Å². The highest BCUT2D eigenvalue weighted by atomic mass is 32.1. The van der Waals surface area contributed by atoms with Crippen LogP contribution in [-0.4, -0.2) is 31.5 Å². The quantitative estimate of drug-likeness (QED) is 0.737. The fourth-order valence-electron chi connectivity index (χ4n) is 2.03. The molecule has 2 N–H and O–H groups in total. The molecule has 0 fully saturated rings. The minimum Gasteiger partial charge on any atom is -0.391 e. The summed E-state index contributed by atoms with van der Waals surface area (Å²) in [5, 5.41) is 12.8. The van der Waals surface area contributed by atoms with E-state index < -0.39 is 6.10 Å². The van der Waals surface area contributed by atoms with E-state index in [-0.39, 0.29) is 5.82 Å². The molecule has 0 aliphatic carbocycles. The smallest absolute Gasteiger partial charge is 0.131 e. The maximum absolute atomic E-state index is 13.7. The molecule has 1 unspecified atom stereocenters. The van der Waals surface area contributed by atoms with Crippen molar-refractivity contribution in [2.45, 2.75) is 19.1 Å². The fourth-order valence-corrected chi connectivity index (χ4v) is 3.04. The number of halogens is 1. The van der Waals surface area contributed by atoms with Crippen molar-refractivity contribution >= 4 is 11.3 Å². The van der Waals surface area contributed by atoms with E-state index in [1.807, 2.05) is 18.2 Å². The Morgan fingerprint density at radius 2 is 2.10 bits per heavy atom. The maximum atomic E-state index is 13.7. The van der Waals surface area contributed by atoms with Crippen LogP contribution in [0.15, 0.2) is 36.4 Å². The second-order valence-electron chi connectivity index (χ2n) is 4.82. The van der Waals surface area contributed by atoms with E-state index in [9.17, 15) is 9.50 Å². The van der Waals surface area contributed by atoms with Gasteiger partial charge in [0.2, 0.25) is 0 Å². The Hall–Kier alpha value is -1.27. The van der Waals surface area contributed by atoms with E-state index >= 15 is 0 Å². The van der Waals surface area contributed by atoms with Gasteiger partial charge in [-0.25, -0.2) is 4.39 Å². The lowest BCUT2D eigenvalue weighted by Gasteiger charge is -2.09. The van der Waals surface area contributed by atoms with Crippen LogP contribution in [0.2, 0.25) is 0 Å². The van der Waals surface area contributed by atoms with E-state index in [1.54, 1.807) is 30.6 Å². The second kappa shape index (κ2) is 8.24. The molecule has 1 heterocycles. The summed E-state index contributed by atoms with van der Waals surface area (Å²) in [4.78, 5) is 2.08. The van der Waals surface area contributed by atoms with Gasteiger partial charge >= 0.3 is 0 Å². The molecule has 2 rings (SSSR count). The third-order valence-electron chi connectivity index (χ3n) is 3.11. The molecule has 0 spiro atoms. The molecule has 0 aliphatic heterocycles. The Bertz CT molecular complexity index is 559. The second-order valence-corrected chi connectivity index (χ2v) is 5.99. The molecule has 1 atom stereocenters.